The number of hydrogen-bond donors (Lipinski definition) is 1. The third-order valence-electron chi connectivity index (χ3n) is 3.57. The molecule has 1 unspecified atom stereocenters. The van der Waals surface area contributed by atoms with Crippen LogP contribution in [0.5, 0.6) is 5.75 Å². The fourth-order valence-corrected chi connectivity index (χ4v) is 2.30. The van der Waals surface area contributed by atoms with E-state index in [1.165, 1.54) is 0 Å². The van der Waals surface area contributed by atoms with Gasteiger partial charge in [0.2, 0.25) is 0 Å². The number of benzene rings is 2. The molecule has 2 aromatic rings. The quantitative estimate of drug-likeness (QED) is 0.847. The Morgan fingerprint density at radius 3 is 2.30 bits per heavy atom. The highest BCUT2D eigenvalue weighted by molar-refractivity contribution is 5.94. The van der Waals surface area contributed by atoms with Crippen molar-refractivity contribution in [2.45, 2.75) is 26.5 Å². The van der Waals surface area contributed by atoms with Gasteiger partial charge in [0.1, 0.15) is 5.75 Å². The van der Waals surface area contributed by atoms with Gasteiger partial charge in [0.05, 0.1) is 19.3 Å². The molecule has 4 nitrogen and oxygen atoms in total. The molecule has 0 radical (unpaired) electrons. The molecule has 0 saturated heterocycles. The smallest absolute Gasteiger partial charge is 0.251 e. The van der Waals surface area contributed by atoms with Crippen molar-refractivity contribution in [3.05, 3.63) is 65.2 Å². The molecule has 1 atom stereocenters. The number of hydrogen-bond acceptors (Lipinski definition) is 3. The molecule has 0 heterocycles. The summed E-state index contributed by atoms with van der Waals surface area (Å²) in [5.41, 5.74) is 2.73. The topological polar surface area (TPSA) is 47.6 Å². The Morgan fingerprint density at radius 2 is 1.74 bits per heavy atom. The van der Waals surface area contributed by atoms with Gasteiger partial charge in [0.25, 0.3) is 5.91 Å². The van der Waals surface area contributed by atoms with E-state index in [2.05, 4.69) is 5.32 Å². The number of methoxy groups -OCH3 is 1. The van der Waals surface area contributed by atoms with Crippen molar-refractivity contribution < 1.29 is 14.3 Å². The highest BCUT2D eigenvalue weighted by atomic mass is 16.5. The molecular formula is C19H23NO3. The second-order valence-electron chi connectivity index (χ2n) is 5.33. The van der Waals surface area contributed by atoms with Gasteiger partial charge in [0.15, 0.2) is 0 Å². The van der Waals surface area contributed by atoms with E-state index in [0.29, 0.717) is 18.8 Å². The van der Waals surface area contributed by atoms with Crippen LogP contribution in [-0.4, -0.2) is 19.6 Å². The van der Waals surface area contributed by atoms with E-state index >= 15 is 0 Å². The predicted octanol–water partition coefficient (Wildman–Crippen LogP) is 3.72. The average molecular weight is 313 g/mol. The minimum absolute atomic E-state index is 0.0724. The van der Waals surface area contributed by atoms with Crippen molar-refractivity contribution in [3.8, 4) is 5.75 Å². The summed E-state index contributed by atoms with van der Waals surface area (Å²) in [4.78, 5) is 12.3. The van der Waals surface area contributed by atoms with Crippen molar-refractivity contribution in [2.24, 2.45) is 0 Å². The second kappa shape index (κ2) is 8.34. The van der Waals surface area contributed by atoms with Gasteiger partial charge in [-0.2, -0.15) is 0 Å². The Bertz CT molecular complexity index is 620. The van der Waals surface area contributed by atoms with Crippen LogP contribution in [0.4, 0.5) is 0 Å². The van der Waals surface area contributed by atoms with Gasteiger partial charge in [-0.1, -0.05) is 24.3 Å². The molecule has 122 valence electrons. The Hall–Kier alpha value is -2.33. The van der Waals surface area contributed by atoms with Crippen molar-refractivity contribution >= 4 is 5.91 Å². The van der Waals surface area contributed by atoms with Crippen LogP contribution in [0.2, 0.25) is 0 Å². The van der Waals surface area contributed by atoms with Crippen LogP contribution < -0.4 is 10.1 Å². The van der Waals surface area contributed by atoms with Crippen LogP contribution >= 0.6 is 0 Å². The molecule has 0 aliphatic rings. The molecule has 0 aliphatic carbocycles. The van der Waals surface area contributed by atoms with Crippen molar-refractivity contribution in [1.82, 2.24) is 5.32 Å². The first kappa shape index (κ1) is 17.0. The lowest BCUT2D eigenvalue weighted by Crippen LogP contribution is -2.26. The first-order valence-corrected chi connectivity index (χ1v) is 7.75. The number of carbonyl (C=O) groups excluding carboxylic acids is 1. The lowest BCUT2D eigenvalue weighted by molar-refractivity contribution is 0.0940. The lowest BCUT2D eigenvalue weighted by Gasteiger charge is -2.15. The maximum absolute atomic E-state index is 12.3. The summed E-state index contributed by atoms with van der Waals surface area (Å²) in [6, 6.07) is 15.1. The normalized spacial score (nSPS) is 11.8. The first-order valence-electron chi connectivity index (χ1n) is 7.75. The number of nitrogens with one attached hydrogen (secondary N) is 1. The van der Waals surface area contributed by atoms with Crippen LogP contribution in [0.15, 0.2) is 48.5 Å². The molecule has 2 aromatic carbocycles. The SMILES string of the molecule is CCOc1ccc(C(C)NC(=O)c2ccc(COC)cc2)cc1. The molecule has 0 bridgehead atoms. The third kappa shape index (κ3) is 4.83. The number of ether oxygens (including phenoxy) is 2. The van der Waals surface area contributed by atoms with Crippen LogP contribution in [0.25, 0.3) is 0 Å². The Labute approximate surface area is 137 Å². The Morgan fingerprint density at radius 1 is 1.09 bits per heavy atom. The molecule has 0 fully saturated rings. The zero-order chi connectivity index (χ0) is 16.7. The minimum Gasteiger partial charge on any atom is -0.494 e. The van der Waals surface area contributed by atoms with E-state index in [1.54, 1.807) is 7.11 Å². The summed E-state index contributed by atoms with van der Waals surface area (Å²) in [5.74, 6) is 0.749. The lowest BCUT2D eigenvalue weighted by atomic mass is 10.1. The minimum atomic E-state index is -0.0876. The summed E-state index contributed by atoms with van der Waals surface area (Å²) >= 11 is 0. The summed E-state index contributed by atoms with van der Waals surface area (Å²) in [5, 5.41) is 3.00. The van der Waals surface area contributed by atoms with Gasteiger partial charge in [-0.3, -0.25) is 4.79 Å². The first-order chi connectivity index (χ1) is 11.1. The Balaban J connectivity index is 1.98. The van der Waals surface area contributed by atoms with Crippen LogP contribution in [0.3, 0.4) is 0 Å². The van der Waals surface area contributed by atoms with Gasteiger partial charge in [-0.25, -0.2) is 0 Å². The molecule has 23 heavy (non-hydrogen) atoms. The summed E-state index contributed by atoms with van der Waals surface area (Å²) in [7, 11) is 1.65. The highest BCUT2D eigenvalue weighted by Crippen LogP contribution is 2.18. The largest absolute Gasteiger partial charge is 0.494 e. The van der Waals surface area contributed by atoms with E-state index in [4.69, 9.17) is 9.47 Å². The van der Waals surface area contributed by atoms with Gasteiger partial charge < -0.3 is 14.8 Å². The fraction of sp³-hybridized carbons (Fsp3) is 0.316. The molecule has 0 aliphatic heterocycles. The van der Waals surface area contributed by atoms with Crippen LogP contribution in [-0.2, 0) is 11.3 Å². The zero-order valence-electron chi connectivity index (χ0n) is 13.8. The standard InChI is InChI=1S/C19H23NO3/c1-4-23-18-11-9-16(10-12-18)14(2)20-19(21)17-7-5-15(6-8-17)13-22-3/h5-12,14H,4,13H2,1-3H3,(H,20,21). The second-order valence-corrected chi connectivity index (χ2v) is 5.33. The average Bonchev–Trinajstić information content (AvgIpc) is 2.56. The van der Waals surface area contributed by atoms with Gasteiger partial charge >= 0.3 is 0 Å². The monoisotopic (exact) mass is 313 g/mol. The van der Waals surface area contributed by atoms with Crippen LogP contribution in [0, 0.1) is 0 Å². The molecule has 1 N–H and O–H groups in total. The van der Waals surface area contributed by atoms with Crippen molar-refractivity contribution in [1.29, 1.82) is 0 Å². The molecule has 2 rings (SSSR count). The number of carbonyl (C=O) groups is 1. The maximum Gasteiger partial charge on any atom is 0.251 e. The number of rotatable bonds is 7. The predicted molar refractivity (Wildman–Crippen MR) is 90.6 cm³/mol. The zero-order valence-corrected chi connectivity index (χ0v) is 13.8. The molecule has 4 heteroatoms. The summed E-state index contributed by atoms with van der Waals surface area (Å²) in [6.45, 7) is 5.11. The van der Waals surface area contributed by atoms with Crippen LogP contribution in [0.1, 0.15) is 41.4 Å². The molecular weight excluding hydrogens is 290 g/mol. The van der Waals surface area contributed by atoms with Gasteiger partial charge in [0, 0.05) is 12.7 Å². The molecule has 0 saturated carbocycles. The van der Waals surface area contributed by atoms with Crippen molar-refractivity contribution in [2.75, 3.05) is 13.7 Å². The maximum atomic E-state index is 12.3. The summed E-state index contributed by atoms with van der Waals surface area (Å²) in [6.07, 6.45) is 0. The van der Waals surface area contributed by atoms with Gasteiger partial charge in [-0.15, -0.1) is 0 Å². The van der Waals surface area contributed by atoms with Crippen molar-refractivity contribution in [3.63, 3.8) is 0 Å². The molecule has 0 spiro atoms. The molecule has 1 amide bonds. The van der Waals surface area contributed by atoms with E-state index in [1.807, 2.05) is 62.4 Å². The van der Waals surface area contributed by atoms with E-state index in [9.17, 15) is 4.79 Å². The highest BCUT2D eigenvalue weighted by Gasteiger charge is 2.11. The summed E-state index contributed by atoms with van der Waals surface area (Å²) < 4.78 is 10.5. The number of amides is 1. The van der Waals surface area contributed by atoms with E-state index in [0.717, 1.165) is 16.9 Å². The van der Waals surface area contributed by atoms with E-state index in [-0.39, 0.29) is 11.9 Å². The van der Waals surface area contributed by atoms with E-state index < -0.39 is 0 Å². The Kier molecular flexibility index (Phi) is 6.18. The fourth-order valence-electron chi connectivity index (χ4n) is 2.30. The van der Waals surface area contributed by atoms with Gasteiger partial charge in [-0.05, 0) is 49.2 Å². The molecule has 0 aromatic heterocycles. The third-order valence-corrected chi connectivity index (χ3v) is 3.57.